The van der Waals surface area contributed by atoms with Crippen LogP contribution in [0.2, 0.25) is 0 Å². The minimum atomic E-state index is 0.560. The van der Waals surface area contributed by atoms with Gasteiger partial charge in [0.05, 0.1) is 11.7 Å². The summed E-state index contributed by atoms with van der Waals surface area (Å²) in [6, 6.07) is 8.01. The molecule has 0 amide bonds. The first-order valence-corrected chi connectivity index (χ1v) is 5.37. The average Bonchev–Trinajstić information content (AvgIpc) is 2.83. The van der Waals surface area contributed by atoms with E-state index in [4.69, 9.17) is 5.73 Å². The highest BCUT2D eigenvalue weighted by atomic mass is 32.1. The lowest BCUT2D eigenvalue weighted by Crippen LogP contribution is -1.96. The van der Waals surface area contributed by atoms with Gasteiger partial charge in [0.15, 0.2) is 10.9 Å². The van der Waals surface area contributed by atoms with Gasteiger partial charge in [-0.15, -0.1) is 11.3 Å². The normalized spacial score (nSPS) is 10.9. The fourth-order valence-electron chi connectivity index (χ4n) is 1.53. The zero-order valence-corrected chi connectivity index (χ0v) is 8.61. The molecule has 0 saturated heterocycles. The highest BCUT2D eigenvalue weighted by Crippen LogP contribution is 2.20. The van der Waals surface area contributed by atoms with Crippen LogP contribution in [0.15, 0.2) is 35.8 Å². The molecule has 0 saturated carbocycles. The third-order valence-corrected chi connectivity index (χ3v) is 2.87. The second-order valence-electron chi connectivity index (χ2n) is 3.16. The maximum absolute atomic E-state index is 5.60. The lowest BCUT2D eigenvalue weighted by atomic mass is 10.3. The van der Waals surface area contributed by atoms with Crippen molar-refractivity contribution in [3.8, 4) is 5.82 Å². The van der Waals surface area contributed by atoms with Crippen LogP contribution in [0.3, 0.4) is 0 Å². The maximum atomic E-state index is 5.60. The number of nitrogens with two attached hydrogens (primary N) is 1. The van der Waals surface area contributed by atoms with Crippen LogP contribution >= 0.6 is 11.3 Å². The van der Waals surface area contributed by atoms with E-state index in [0.717, 1.165) is 16.7 Å². The van der Waals surface area contributed by atoms with Gasteiger partial charge in [-0.3, -0.25) is 0 Å². The van der Waals surface area contributed by atoms with Gasteiger partial charge in [-0.25, -0.2) is 9.67 Å². The molecule has 2 heterocycles. The Hall–Kier alpha value is -1.88. The van der Waals surface area contributed by atoms with Gasteiger partial charge >= 0.3 is 0 Å². The molecule has 4 nitrogen and oxygen atoms in total. The van der Waals surface area contributed by atoms with Crippen LogP contribution in [0.5, 0.6) is 0 Å². The van der Waals surface area contributed by atoms with Crippen LogP contribution in [0.4, 0.5) is 5.13 Å². The first-order valence-electron chi connectivity index (χ1n) is 4.49. The Morgan fingerprint density at radius 1 is 1.27 bits per heavy atom. The monoisotopic (exact) mass is 216 g/mol. The Balaban J connectivity index is 2.27. The molecule has 0 spiro atoms. The molecular formula is C10H8N4S. The second kappa shape index (κ2) is 3.06. The van der Waals surface area contributed by atoms with E-state index in [1.165, 1.54) is 11.3 Å². The molecule has 3 rings (SSSR count). The molecule has 0 radical (unpaired) electrons. The fourth-order valence-corrected chi connectivity index (χ4v) is 2.06. The summed E-state index contributed by atoms with van der Waals surface area (Å²) in [4.78, 5) is 4.20. The van der Waals surface area contributed by atoms with Gasteiger partial charge in [0, 0.05) is 10.8 Å². The van der Waals surface area contributed by atoms with Crippen molar-refractivity contribution in [3.63, 3.8) is 0 Å². The first kappa shape index (κ1) is 8.43. The number of nitrogen functional groups attached to an aromatic ring is 1. The van der Waals surface area contributed by atoms with Crippen molar-refractivity contribution in [1.29, 1.82) is 0 Å². The number of aromatic nitrogens is 3. The Kier molecular flexibility index (Phi) is 1.72. The number of anilines is 1. The maximum Gasteiger partial charge on any atom is 0.182 e. The average molecular weight is 216 g/mol. The topological polar surface area (TPSA) is 56.7 Å². The minimum Gasteiger partial charge on any atom is -0.375 e. The largest absolute Gasteiger partial charge is 0.375 e. The van der Waals surface area contributed by atoms with Gasteiger partial charge < -0.3 is 5.73 Å². The van der Waals surface area contributed by atoms with Gasteiger partial charge in [0.2, 0.25) is 0 Å². The summed E-state index contributed by atoms with van der Waals surface area (Å²) in [5.41, 5.74) is 6.64. The van der Waals surface area contributed by atoms with Crippen molar-refractivity contribution < 1.29 is 0 Å². The predicted octanol–water partition coefficient (Wildman–Crippen LogP) is 2.06. The van der Waals surface area contributed by atoms with Crippen molar-refractivity contribution in [1.82, 2.24) is 14.8 Å². The first-order chi connectivity index (χ1) is 7.34. The lowest BCUT2D eigenvalue weighted by molar-refractivity contribution is 0.885. The number of fused-ring (bicyclic) bond motifs is 1. The van der Waals surface area contributed by atoms with Crippen molar-refractivity contribution in [3.05, 3.63) is 35.8 Å². The fraction of sp³-hybridized carbons (Fsp3) is 0. The molecule has 0 bridgehead atoms. The molecule has 0 unspecified atom stereocenters. The molecule has 0 aliphatic heterocycles. The van der Waals surface area contributed by atoms with E-state index < -0.39 is 0 Å². The molecule has 0 atom stereocenters. The van der Waals surface area contributed by atoms with Crippen LogP contribution in [-0.2, 0) is 0 Å². The summed E-state index contributed by atoms with van der Waals surface area (Å²) in [5, 5.41) is 7.84. The van der Waals surface area contributed by atoms with E-state index in [2.05, 4.69) is 10.1 Å². The van der Waals surface area contributed by atoms with Crippen LogP contribution in [0.1, 0.15) is 0 Å². The highest BCUT2D eigenvalue weighted by Gasteiger charge is 2.06. The lowest BCUT2D eigenvalue weighted by Gasteiger charge is -1.97. The summed E-state index contributed by atoms with van der Waals surface area (Å²) in [5.74, 6) is 0.777. The zero-order valence-electron chi connectivity index (χ0n) is 7.79. The SMILES string of the molecule is Nc1nc(-n2ncc3ccccc32)cs1. The molecule has 3 aromatic rings. The Bertz CT molecular complexity index is 610. The molecule has 1 aromatic carbocycles. The third kappa shape index (κ3) is 1.28. The minimum absolute atomic E-state index is 0.560. The number of rotatable bonds is 1. The van der Waals surface area contributed by atoms with E-state index in [1.807, 2.05) is 35.8 Å². The standard InChI is InChI=1S/C10H8N4S/c11-10-13-9(6-15-10)14-8-4-2-1-3-7(8)5-12-14/h1-6H,(H2,11,13). The number of benzene rings is 1. The quantitative estimate of drug-likeness (QED) is 0.677. The van der Waals surface area contributed by atoms with Gasteiger partial charge in [-0.2, -0.15) is 5.10 Å². The molecule has 2 aromatic heterocycles. The Morgan fingerprint density at radius 3 is 2.93 bits per heavy atom. The van der Waals surface area contributed by atoms with Crippen LogP contribution in [0.25, 0.3) is 16.7 Å². The number of hydrogen-bond donors (Lipinski definition) is 1. The summed E-state index contributed by atoms with van der Waals surface area (Å²) in [6.07, 6.45) is 1.82. The Labute approximate surface area is 90.0 Å². The van der Waals surface area contributed by atoms with E-state index in [9.17, 15) is 0 Å². The Morgan fingerprint density at radius 2 is 2.13 bits per heavy atom. The zero-order chi connectivity index (χ0) is 10.3. The summed E-state index contributed by atoms with van der Waals surface area (Å²) in [6.45, 7) is 0. The molecular weight excluding hydrogens is 208 g/mol. The van der Waals surface area contributed by atoms with Gasteiger partial charge in [-0.05, 0) is 6.07 Å². The summed E-state index contributed by atoms with van der Waals surface area (Å²) >= 11 is 1.42. The van der Waals surface area contributed by atoms with E-state index in [-0.39, 0.29) is 0 Å². The van der Waals surface area contributed by atoms with Crippen LogP contribution in [0, 0.1) is 0 Å². The van der Waals surface area contributed by atoms with E-state index in [0.29, 0.717) is 5.13 Å². The molecule has 0 fully saturated rings. The second-order valence-corrected chi connectivity index (χ2v) is 4.05. The van der Waals surface area contributed by atoms with Gasteiger partial charge in [0.25, 0.3) is 0 Å². The summed E-state index contributed by atoms with van der Waals surface area (Å²) in [7, 11) is 0. The van der Waals surface area contributed by atoms with Crippen molar-refractivity contribution in [2.45, 2.75) is 0 Å². The smallest absolute Gasteiger partial charge is 0.182 e. The van der Waals surface area contributed by atoms with Crippen LogP contribution in [-0.4, -0.2) is 14.8 Å². The number of para-hydroxylation sites is 1. The molecule has 5 heteroatoms. The highest BCUT2D eigenvalue weighted by molar-refractivity contribution is 7.13. The number of thiazole rings is 1. The predicted molar refractivity (Wildman–Crippen MR) is 61.2 cm³/mol. The van der Waals surface area contributed by atoms with E-state index >= 15 is 0 Å². The molecule has 15 heavy (non-hydrogen) atoms. The number of nitrogens with zero attached hydrogens (tertiary/aromatic N) is 3. The molecule has 0 aliphatic rings. The molecule has 2 N–H and O–H groups in total. The molecule has 0 aliphatic carbocycles. The van der Waals surface area contributed by atoms with Crippen molar-refractivity contribution in [2.75, 3.05) is 5.73 Å². The van der Waals surface area contributed by atoms with Crippen molar-refractivity contribution in [2.24, 2.45) is 0 Å². The molecule has 74 valence electrons. The van der Waals surface area contributed by atoms with Gasteiger partial charge in [-0.1, -0.05) is 18.2 Å². The third-order valence-electron chi connectivity index (χ3n) is 2.20. The summed E-state index contributed by atoms with van der Waals surface area (Å²) < 4.78 is 1.79. The number of hydrogen-bond acceptors (Lipinski definition) is 4. The van der Waals surface area contributed by atoms with Crippen LogP contribution < -0.4 is 5.73 Å². The van der Waals surface area contributed by atoms with E-state index in [1.54, 1.807) is 4.68 Å². The van der Waals surface area contributed by atoms with Gasteiger partial charge in [0.1, 0.15) is 0 Å². The van der Waals surface area contributed by atoms with Crippen molar-refractivity contribution >= 4 is 27.4 Å².